The molecule has 4 heteroatoms. The van der Waals surface area contributed by atoms with Gasteiger partial charge in [-0.25, -0.2) is 0 Å². The second-order valence-electron chi connectivity index (χ2n) is 4.35. The Balaban J connectivity index is 2.83. The summed E-state index contributed by atoms with van der Waals surface area (Å²) in [6.45, 7) is 3.90. The average molecular weight is 270 g/mol. The van der Waals surface area contributed by atoms with E-state index in [0.717, 1.165) is 30.5 Å². The second kappa shape index (κ2) is 6.55. The Kier molecular flexibility index (Phi) is 5.33. The maximum absolute atomic E-state index is 12.5. The summed E-state index contributed by atoms with van der Waals surface area (Å²) in [5.74, 6) is -0.155. The highest BCUT2D eigenvalue weighted by Crippen LogP contribution is 2.29. The van der Waals surface area contributed by atoms with Crippen molar-refractivity contribution in [2.75, 3.05) is 0 Å². The molecular formula is C15H17F3O. The molecule has 0 N–H and O–H groups in total. The molecule has 0 aliphatic heterocycles. The molecule has 0 aliphatic rings. The van der Waals surface area contributed by atoms with Crippen molar-refractivity contribution in [3.05, 3.63) is 47.0 Å². The Morgan fingerprint density at radius 1 is 1.21 bits per heavy atom. The van der Waals surface area contributed by atoms with Crippen molar-refractivity contribution in [2.45, 2.75) is 39.3 Å². The summed E-state index contributed by atoms with van der Waals surface area (Å²) in [6, 6.07) is 4.91. The van der Waals surface area contributed by atoms with E-state index in [-0.39, 0.29) is 12.2 Å². The van der Waals surface area contributed by atoms with E-state index in [9.17, 15) is 18.0 Å². The van der Waals surface area contributed by atoms with Crippen LogP contribution in [0.2, 0.25) is 0 Å². The fourth-order valence-corrected chi connectivity index (χ4v) is 1.79. The van der Waals surface area contributed by atoms with Crippen LogP contribution in [0.1, 0.15) is 37.8 Å². The van der Waals surface area contributed by atoms with Crippen molar-refractivity contribution in [1.29, 1.82) is 0 Å². The van der Waals surface area contributed by atoms with E-state index in [1.165, 1.54) is 6.07 Å². The first-order valence-corrected chi connectivity index (χ1v) is 6.25. The third-order valence-corrected chi connectivity index (χ3v) is 2.91. The molecule has 1 nitrogen and oxygen atoms in total. The van der Waals surface area contributed by atoms with Crippen molar-refractivity contribution in [2.24, 2.45) is 0 Å². The minimum Gasteiger partial charge on any atom is -0.294 e. The highest BCUT2D eigenvalue weighted by Gasteiger charge is 2.30. The minimum atomic E-state index is -4.37. The largest absolute Gasteiger partial charge is 0.416 e. The lowest BCUT2D eigenvalue weighted by Crippen LogP contribution is -2.07. The number of halogens is 3. The first-order valence-electron chi connectivity index (χ1n) is 6.25. The van der Waals surface area contributed by atoms with E-state index in [4.69, 9.17) is 0 Å². The van der Waals surface area contributed by atoms with Crippen LogP contribution < -0.4 is 0 Å². The summed E-state index contributed by atoms with van der Waals surface area (Å²) in [5.41, 5.74) is 0.688. The summed E-state index contributed by atoms with van der Waals surface area (Å²) in [7, 11) is 0. The van der Waals surface area contributed by atoms with Gasteiger partial charge in [0.2, 0.25) is 0 Å². The number of allylic oxidation sites excluding steroid dienone is 2. The number of benzene rings is 1. The molecule has 0 heterocycles. The summed E-state index contributed by atoms with van der Waals surface area (Å²) in [5, 5.41) is 0. The van der Waals surface area contributed by atoms with Gasteiger partial charge in [0.05, 0.1) is 5.56 Å². The van der Waals surface area contributed by atoms with Gasteiger partial charge in [-0.1, -0.05) is 37.6 Å². The van der Waals surface area contributed by atoms with Gasteiger partial charge in [-0.05, 0) is 30.5 Å². The van der Waals surface area contributed by atoms with Gasteiger partial charge >= 0.3 is 6.18 Å². The van der Waals surface area contributed by atoms with Gasteiger partial charge in [0.15, 0.2) is 5.78 Å². The molecule has 0 aromatic heterocycles. The van der Waals surface area contributed by atoms with Crippen LogP contribution in [0.4, 0.5) is 13.2 Å². The number of ketones is 1. The van der Waals surface area contributed by atoms with E-state index in [0.29, 0.717) is 5.56 Å². The van der Waals surface area contributed by atoms with Gasteiger partial charge in [-0.15, -0.1) is 0 Å². The third-order valence-electron chi connectivity index (χ3n) is 2.91. The predicted octanol–water partition coefficient (Wildman–Crippen LogP) is 4.56. The van der Waals surface area contributed by atoms with E-state index in [1.807, 2.05) is 13.8 Å². The number of carbonyl (C=O) groups is 1. The molecule has 1 aromatic carbocycles. The Bertz CT molecular complexity index is 467. The Morgan fingerprint density at radius 3 is 2.37 bits per heavy atom. The summed E-state index contributed by atoms with van der Waals surface area (Å²) < 4.78 is 37.6. The number of carbonyl (C=O) groups excluding carboxylic acids is 1. The zero-order valence-electron chi connectivity index (χ0n) is 11.1. The molecule has 0 saturated heterocycles. The summed E-state index contributed by atoms with van der Waals surface area (Å²) in [4.78, 5) is 11.7. The monoisotopic (exact) mass is 270 g/mol. The normalized spacial score (nSPS) is 11.2. The first kappa shape index (κ1) is 15.5. The maximum atomic E-state index is 12.5. The lowest BCUT2D eigenvalue weighted by atomic mass is 10.0. The zero-order chi connectivity index (χ0) is 14.5. The quantitative estimate of drug-likeness (QED) is 0.717. The lowest BCUT2D eigenvalue weighted by Gasteiger charge is -2.08. The van der Waals surface area contributed by atoms with Gasteiger partial charge in [-0.3, -0.25) is 4.79 Å². The molecular weight excluding hydrogens is 253 g/mol. The molecule has 0 aliphatic carbocycles. The molecule has 0 amide bonds. The Labute approximate surface area is 111 Å². The number of hydrogen-bond donors (Lipinski definition) is 0. The van der Waals surface area contributed by atoms with Crippen LogP contribution in [-0.2, 0) is 17.4 Å². The van der Waals surface area contributed by atoms with Gasteiger partial charge in [0.25, 0.3) is 0 Å². The smallest absolute Gasteiger partial charge is 0.294 e. The molecule has 0 unspecified atom stereocenters. The minimum absolute atomic E-state index is 0.00736. The Morgan fingerprint density at radius 2 is 1.84 bits per heavy atom. The van der Waals surface area contributed by atoms with E-state index >= 15 is 0 Å². The summed E-state index contributed by atoms with van der Waals surface area (Å²) in [6.07, 6.45) is -1.25. The van der Waals surface area contributed by atoms with Crippen LogP contribution in [0.3, 0.4) is 0 Å². The standard InChI is InChI=1S/C15H17F3O/c1-3-11(4-2)9-14(19)10-12-6-5-7-13(8-12)15(16,17)18/h5-9H,3-4,10H2,1-2H3. The van der Waals surface area contributed by atoms with Gasteiger partial charge in [0.1, 0.15) is 0 Å². The van der Waals surface area contributed by atoms with E-state index in [2.05, 4.69) is 0 Å². The van der Waals surface area contributed by atoms with Crippen molar-refractivity contribution < 1.29 is 18.0 Å². The molecule has 0 spiro atoms. The second-order valence-corrected chi connectivity index (χ2v) is 4.35. The number of hydrogen-bond acceptors (Lipinski definition) is 1. The van der Waals surface area contributed by atoms with Crippen molar-refractivity contribution >= 4 is 5.78 Å². The SMILES string of the molecule is CCC(=CC(=O)Cc1cccc(C(F)(F)F)c1)CC. The molecule has 0 saturated carbocycles. The molecule has 0 bridgehead atoms. The molecule has 0 radical (unpaired) electrons. The molecule has 0 fully saturated rings. The lowest BCUT2D eigenvalue weighted by molar-refractivity contribution is -0.137. The van der Waals surface area contributed by atoms with E-state index < -0.39 is 11.7 Å². The summed E-state index contributed by atoms with van der Waals surface area (Å²) >= 11 is 0. The third kappa shape index (κ3) is 4.89. The topological polar surface area (TPSA) is 17.1 Å². The molecule has 19 heavy (non-hydrogen) atoms. The molecule has 0 atom stereocenters. The predicted molar refractivity (Wildman–Crippen MR) is 68.8 cm³/mol. The van der Waals surface area contributed by atoms with Crippen LogP contribution in [0.15, 0.2) is 35.9 Å². The van der Waals surface area contributed by atoms with Gasteiger partial charge < -0.3 is 0 Å². The maximum Gasteiger partial charge on any atom is 0.416 e. The van der Waals surface area contributed by atoms with Crippen LogP contribution >= 0.6 is 0 Å². The highest BCUT2D eigenvalue weighted by atomic mass is 19.4. The van der Waals surface area contributed by atoms with Crippen molar-refractivity contribution in [3.8, 4) is 0 Å². The van der Waals surface area contributed by atoms with Crippen LogP contribution in [0.25, 0.3) is 0 Å². The Hall–Kier alpha value is -1.58. The molecule has 1 rings (SSSR count). The number of alkyl halides is 3. The first-order chi connectivity index (χ1) is 8.86. The highest BCUT2D eigenvalue weighted by molar-refractivity contribution is 5.92. The van der Waals surface area contributed by atoms with Crippen LogP contribution in [-0.4, -0.2) is 5.78 Å². The number of rotatable bonds is 5. The van der Waals surface area contributed by atoms with E-state index in [1.54, 1.807) is 12.1 Å². The molecule has 104 valence electrons. The fourth-order valence-electron chi connectivity index (χ4n) is 1.79. The zero-order valence-corrected chi connectivity index (χ0v) is 11.1. The van der Waals surface area contributed by atoms with Gasteiger partial charge in [-0.2, -0.15) is 13.2 Å². The molecule has 1 aromatic rings. The van der Waals surface area contributed by atoms with Crippen LogP contribution in [0, 0.1) is 0 Å². The van der Waals surface area contributed by atoms with Crippen molar-refractivity contribution in [3.63, 3.8) is 0 Å². The van der Waals surface area contributed by atoms with Crippen LogP contribution in [0.5, 0.6) is 0 Å². The average Bonchev–Trinajstić information content (AvgIpc) is 2.35. The van der Waals surface area contributed by atoms with Gasteiger partial charge in [0, 0.05) is 6.42 Å². The fraction of sp³-hybridized carbons (Fsp3) is 0.400. The van der Waals surface area contributed by atoms with Crippen molar-refractivity contribution in [1.82, 2.24) is 0 Å².